The van der Waals surface area contributed by atoms with Gasteiger partial charge in [0.1, 0.15) is 5.82 Å². The number of halogens is 1. The van der Waals surface area contributed by atoms with Crippen molar-refractivity contribution < 1.29 is 14.0 Å². The molecule has 7 nitrogen and oxygen atoms in total. The van der Waals surface area contributed by atoms with Crippen LogP contribution in [0.2, 0.25) is 0 Å². The van der Waals surface area contributed by atoms with Crippen molar-refractivity contribution in [2.45, 2.75) is 13.1 Å². The van der Waals surface area contributed by atoms with E-state index in [1.807, 2.05) is 36.5 Å². The van der Waals surface area contributed by atoms with Crippen LogP contribution in [-0.4, -0.2) is 21.7 Å². The highest BCUT2D eigenvalue weighted by molar-refractivity contribution is 5.95. The lowest BCUT2D eigenvalue weighted by atomic mass is 10.1. The Kier molecular flexibility index (Phi) is 6.75. The minimum atomic E-state index is -0.376. The summed E-state index contributed by atoms with van der Waals surface area (Å²) in [4.78, 5) is 24.5. The lowest BCUT2D eigenvalue weighted by molar-refractivity contribution is 0.0950. The molecular weight excluding hydrogens is 421 g/mol. The van der Waals surface area contributed by atoms with E-state index in [-0.39, 0.29) is 24.3 Å². The zero-order valence-corrected chi connectivity index (χ0v) is 17.7. The van der Waals surface area contributed by atoms with Crippen molar-refractivity contribution in [3.8, 4) is 5.69 Å². The molecule has 0 fully saturated rings. The van der Waals surface area contributed by atoms with Crippen molar-refractivity contribution in [3.63, 3.8) is 0 Å². The van der Waals surface area contributed by atoms with Gasteiger partial charge in [-0.3, -0.25) is 4.79 Å². The maximum absolute atomic E-state index is 13.7. The van der Waals surface area contributed by atoms with E-state index in [1.54, 1.807) is 53.3 Å². The molecule has 0 saturated heterocycles. The van der Waals surface area contributed by atoms with Crippen LogP contribution < -0.4 is 16.0 Å². The van der Waals surface area contributed by atoms with Crippen molar-refractivity contribution >= 4 is 17.6 Å². The Morgan fingerprint density at radius 1 is 0.848 bits per heavy atom. The van der Waals surface area contributed by atoms with Gasteiger partial charge in [-0.15, -0.1) is 0 Å². The predicted molar refractivity (Wildman–Crippen MR) is 123 cm³/mol. The normalized spacial score (nSPS) is 10.5. The van der Waals surface area contributed by atoms with Crippen LogP contribution in [-0.2, 0) is 13.1 Å². The maximum atomic E-state index is 13.7. The average Bonchev–Trinajstić information content (AvgIpc) is 3.32. The van der Waals surface area contributed by atoms with E-state index < -0.39 is 0 Å². The van der Waals surface area contributed by atoms with Gasteiger partial charge in [-0.1, -0.05) is 36.4 Å². The molecular formula is C25H22FN5O2. The van der Waals surface area contributed by atoms with Gasteiger partial charge in [-0.2, -0.15) is 5.10 Å². The Balaban J connectivity index is 1.25. The summed E-state index contributed by atoms with van der Waals surface area (Å²) in [7, 11) is 0. The number of anilines is 1. The van der Waals surface area contributed by atoms with E-state index in [0.717, 1.165) is 11.3 Å². The summed E-state index contributed by atoms with van der Waals surface area (Å²) in [5.74, 6) is -0.694. The van der Waals surface area contributed by atoms with E-state index in [0.29, 0.717) is 23.4 Å². The molecule has 0 bridgehead atoms. The van der Waals surface area contributed by atoms with E-state index in [4.69, 9.17) is 0 Å². The van der Waals surface area contributed by atoms with Gasteiger partial charge in [0, 0.05) is 41.7 Å². The third-order valence-electron chi connectivity index (χ3n) is 4.91. The van der Waals surface area contributed by atoms with E-state index in [9.17, 15) is 14.0 Å². The summed E-state index contributed by atoms with van der Waals surface area (Å²) in [6.45, 7) is 0.407. The number of carbonyl (C=O) groups excluding carboxylic acids is 2. The minimum Gasteiger partial charge on any atom is -0.348 e. The molecule has 8 heteroatoms. The standard InChI is InChI=1S/C25H22FN5O2/c26-23-9-5-4-6-20(23)16-27-24(32)19-10-12-21(13-11-19)30-25(33)28-14-18-15-29-31(17-18)22-7-2-1-3-8-22/h1-13,15,17H,14,16H2,(H,27,32)(H2,28,30,33). The lowest BCUT2D eigenvalue weighted by Gasteiger charge is -2.09. The topological polar surface area (TPSA) is 88.1 Å². The molecule has 0 atom stereocenters. The van der Waals surface area contributed by atoms with Crippen LogP contribution in [0.4, 0.5) is 14.9 Å². The summed E-state index contributed by atoms with van der Waals surface area (Å²) >= 11 is 0. The summed E-state index contributed by atoms with van der Waals surface area (Å²) in [5, 5.41) is 12.5. The Labute approximate surface area is 190 Å². The summed E-state index contributed by atoms with van der Waals surface area (Å²) in [5.41, 5.74) is 3.15. The fourth-order valence-electron chi connectivity index (χ4n) is 3.16. The first-order valence-corrected chi connectivity index (χ1v) is 10.3. The van der Waals surface area contributed by atoms with Crippen molar-refractivity contribution in [3.05, 3.63) is 114 Å². The number of hydrogen-bond donors (Lipinski definition) is 3. The summed E-state index contributed by atoms with van der Waals surface area (Å²) < 4.78 is 15.4. The fourth-order valence-corrected chi connectivity index (χ4v) is 3.16. The van der Waals surface area contributed by atoms with Gasteiger partial charge in [0.05, 0.1) is 11.9 Å². The van der Waals surface area contributed by atoms with Crippen LogP contribution in [0.15, 0.2) is 91.3 Å². The van der Waals surface area contributed by atoms with Crippen LogP contribution in [0.5, 0.6) is 0 Å². The Morgan fingerprint density at radius 2 is 1.58 bits per heavy atom. The van der Waals surface area contributed by atoms with Gasteiger partial charge in [-0.05, 0) is 42.5 Å². The molecule has 166 valence electrons. The predicted octanol–water partition coefficient (Wildman–Crippen LogP) is 4.26. The van der Waals surface area contributed by atoms with Gasteiger partial charge in [0.2, 0.25) is 0 Å². The van der Waals surface area contributed by atoms with Crippen molar-refractivity contribution in [1.82, 2.24) is 20.4 Å². The van der Waals surface area contributed by atoms with Crippen LogP contribution >= 0.6 is 0 Å². The second kappa shape index (κ2) is 10.2. The molecule has 0 aliphatic rings. The van der Waals surface area contributed by atoms with Crippen LogP contribution in [0.1, 0.15) is 21.5 Å². The summed E-state index contributed by atoms with van der Waals surface area (Å²) in [6, 6.07) is 22.0. The second-order valence-electron chi connectivity index (χ2n) is 7.29. The molecule has 0 aliphatic heterocycles. The molecule has 3 N–H and O–H groups in total. The van der Waals surface area contributed by atoms with Crippen molar-refractivity contribution in [2.75, 3.05) is 5.32 Å². The number of para-hydroxylation sites is 1. The van der Waals surface area contributed by atoms with E-state index in [1.165, 1.54) is 6.07 Å². The maximum Gasteiger partial charge on any atom is 0.319 e. The first-order valence-electron chi connectivity index (χ1n) is 10.3. The van der Waals surface area contributed by atoms with Crippen LogP contribution in [0, 0.1) is 5.82 Å². The SMILES string of the molecule is O=C(NCc1cnn(-c2ccccc2)c1)Nc1ccc(C(=O)NCc2ccccc2F)cc1. The molecule has 4 aromatic rings. The zero-order valence-electron chi connectivity index (χ0n) is 17.7. The third-order valence-corrected chi connectivity index (χ3v) is 4.91. The number of hydrogen-bond acceptors (Lipinski definition) is 3. The molecule has 33 heavy (non-hydrogen) atoms. The highest BCUT2D eigenvalue weighted by Gasteiger charge is 2.09. The molecule has 3 amide bonds. The van der Waals surface area contributed by atoms with Gasteiger partial charge in [0.25, 0.3) is 5.91 Å². The Morgan fingerprint density at radius 3 is 2.33 bits per heavy atom. The van der Waals surface area contributed by atoms with Crippen molar-refractivity contribution in [1.29, 1.82) is 0 Å². The fraction of sp³-hybridized carbons (Fsp3) is 0.0800. The number of carbonyl (C=O) groups is 2. The molecule has 1 aromatic heterocycles. The van der Waals surface area contributed by atoms with Gasteiger partial charge in [-0.25, -0.2) is 13.9 Å². The molecule has 0 aliphatic carbocycles. The third kappa shape index (κ3) is 5.82. The number of nitrogens with zero attached hydrogens (tertiary/aromatic N) is 2. The highest BCUT2D eigenvalue weighted by Crippen LogP contribution is 2.11. The molecule has 0 saturated carbocycles. The van der Waals surface area contributed by atoms with E-state index in [2.05, 4.69) is 21.0 Å². The molecule has 0 radical (unpaired) electrons. The van der Waals surface area contributed by atoms with E-state index >= 15 is 0 Å². The number of urea groups is 1. The number of aromatic nitrogens is 2. The Bertz CT molecular complexity index is 1240. The molecule has 0 spiro atoms. The molecule has 0 unspecified atom stereocenters. The molecule has 4 rings (SSSR count). The number of amides is 3. The number of benzene rings is 3. The zero-order chi connectivity index (χ0) is 23.0. The lowest BCUT2D eigenvalue weighted by Crippen LogP contribution is -2.28. The molecule has 3 aromatic carbocycles. The number of nitrogens with one attached hydrogen (secondary N) is 3. The first-order chi connectivity index (χ1) is 16.1. The highest BCUT2D eigenvalue weighted by atomic mass is 19.1. The minimum absolute atomic E-state index is 0.0920. The summed E-state index contributed by atoms with van der Waals surface area (Å²) in [6.07, 6.45) is 3.55. The smallest absolute Gasteiger partial charge is 0.319 e. The quantitative estimate of drug-likeness (QED) is 0.399. The van der Waals surface area contributed by atoms with Gasteiger partial charge >= 0.3 is 6.03 Å². The van der Waals surface area contributed by atoms with Crippen LogP contribution in [0.25, 0.3) is 5.69 Å². The van der Waals surface area contributed by atoms with Crippen molar-refractivity contribution in [2.24, 2.45) is 0 Å². The Hall–Kier alpha value is -4.46. The number of rotatable bonds is 7. The van der Waals surface area contributed by atoms with Gasteiger partial charge < -0.3 is 16.0 Å². The second-order valence-corrected chi connectivity index (χ2v) is 7.29. The average molecular weight is 443 g/mol. The van der Waals surface area contributed by atoms with Gasteiger partial charge in [0.15, 0.2) is 0 Å². The largest absolute Gasteiger partial charge is 0.348 e. The first kappa shape index (κ1) is 21.8. The van der Waals surface area contributed by atoms with Crippen LogP contribution in [0.3, 0.4) is 0 Å². The molecule has 1 heterocycles. The monoisotopic (exact) mass is 443 g/mol.